The zero-order chi connectivity index (χ0) is 10.9. The van der Waals surface area contributed by atoms with Crippen molar-refractivity contribution in [3.63, 3.8) is 0 Å². The first-order chi connectivity index (χ1) is 7.18. The van der Waals surface area contributed by atoms with Crippen LogP contribution in [0.5, 0.6) is 0 Å². The molecule has 0 saturated heterocycles. The molecule has 0 amide bonds. The fourth-order valence-corrected chi connectivity index (χ4v) is 1.78. The van der Waals surface area contributed by atoms with Crippen LogP contribution in [0, 0.1) is 10.1 Å². The topological polar surface area (TPSA) is 55.2 Å². The van der Waals surface area contributed by atoms with Crippen molar-refractivity contribution in [2.45, 2.75) is 12.1 Å². The van der Waals surface area contributed by atoms with Crippen molar-refractivity contribution >= 4 is 5.69 Å². The summed E-state index contributed by atoms with van der Waals surface area (Å²) in [4.78, 5) is 10.7. The van der Waals surface area contributed by atoms with E-state index in [2.05, 4.69) is 17.6 Å². The van der Waals surface area contributed by atoms with Gasteiger partial charge in [-0.15, -0.1) is 5.73 Å². The maximum absolute atomic E-state index is 11.0. The molecule has 0 fully saturated rings. The fraction of sp³-hybridized carbons (Fsp3) is 0.182. The molecule has 0 bridgehead atoms. The lowest BCUT2D eigenvalue weighted by molar-refractivity contribution is -0.544. The Kier molecular flexibility index (Phi) is 2.06. The number of para-hydroxylation sites is 1. The summed E-state index contributed by atoms with van der Waals surface area (Å²) in [5, 5.41) is 13.9. The van der Waals surface area contributed by atoms with Crippen LogP contribution in [0.25, 0.3) is 0 Å². The van der Waals surface area contributed by atoms with E-state index in [9.17, 15) is 10.1 Å². The van der Waals surface area contributed by atoms with Crippen molar-refractivity contribution in [3.05, 3.63) is 58.3 Å². The van der Waals surface area contributed by atoms with Crippen LogP contribution in [-0.2, 0) is 6.42 Å². The average molecular weight is 202 g/mol. The largest absolute Gasteiger partial charge is 0.324 e. The third-order valence-electron chi connectivity index (χ3n) is 2.50. The summed E-state index contributed by atoms with van der Waals surface area (Å²) < 4.78 is 0. The Morgan fingerprint density at radius 2 is 2.33 bits per heavy atom. The molecule has 1 heterocycles. The second-order valence-electron chi connectivity index (χ2n) is 3.49. The first-order valence-electron chi connectivity index (χ1n) is 4.55. The van der Waals surface area contributed by atoms with Crippen molar-refractivity contribution < 1.29 is 4.92 Å². The maximum atomic E-state index is 11.0. The Balaban J connectivity index is 2.45. The van der Waals surface area contributed by atoms with E-state index in [1.807, 2.05) is 24.3 Å². The van der Waals surface area contributed by atoms with Crippen molar-refractivity contribution in [2.24, 2.45) is 0 Å². The van der Waals surface area contributed by atoms with E-state index in [-0.39, 0.29) is 4.92 Å². The van der Waals surface area contributed by atoms with Crippen molar-refractivity contribution in [3.8, 4) is 0 Å². The number of nitro groups is 1. The lowest BCUT2D eigenvalue weighted by Gasteiger charge is -2.15. The minimum atomic E-state index is -1.27. The Morgan fingerprint density at radius 1 is 1.60 bits per heavy atom. The zero-order valence-electron chi connectivity index (χ0n) is 8.06. The molecule has 1 atom stereocenters. The number of rotatable bonds is 2. The molecule has 4 nitrogen and oxygen atoms in total. The van der Waals surface area contributed by atoms with Crippen LogP contribution in [0.2, 0.25) is 0 Å². The second-order valence-corrected chi connectivity index (χ2v) is 3.49. The molecule has 1 unspecified atom stereocenters. The summed E-state index contributed by atoms with van der Waals surface area (Å²) in [5.41, 5.74) is 2.97. The normalized spacial score (nSPS) is 22.4. The molecule has 1 aromatic carbocycles. The number of benzene rings is 1. The summed E-state index contributed by atoms with van der Waals surface area (Å²) in [6.45, 7) is 3.39. The average Bonchev–Trinajstić information content (AvgIpc) is 2.57. The highest BCUT2D eigenvalue weighted by atomic mass is 16.6. The number of nitrogens with zero attached hydrogens (tertiary/aromatic N) is 1. The molecule has 76 valence electrons. The van der Waals surface area contributed by atoms with Gasteiger partial charge in [0, 0.05) is 5.69 Å². The Hall–Kier alpha value is -2.06. The van der Waals surface area contributed by atoms with Crippen LogP contribution < -0.4 is 5.32 Å². The number of anilines is 1. The Morgan fingerprint density at radius 3 is 2.93 bits per heavy atom. The van der Waals surface area contributed by atoms with Gasteiger partial charge in [0.05, 0.1) is 17.4 Å². The molecular formula is C11H10N2O2. The van der Waals surface area contributed by atoms with E-state index in [1.165, 1.54) is 6.08 Å². The molecule has 4 heteroatoms. The van der Waals surface area contributed by atoms with E-state index in [0.29, 0.717) is 6.42 Å². The van der Waals surface area contributed by atoms with E-state index >= 15 is 0 Å². The van der Waals surface area contributed by atoms with Gasteiger partial charge in [-0.1, -0.05) is 24.8 Å². The number of hydrogen-bond donors (Lipinski definition) is 1. The van der Waals surface area contributed by atoms with Crippen molar-refractivity contribution in [2.75, 3.05) is 5.32 Å². The lowest BCUT2D eigenvalue weighted by Crippen LogP contribution is -2.42. The molecule has 0 saturated carbocycles. The van der Waals surface area contributed by atoms with Crippen molar-refractivity contribution in [1.82, 2.24) is 0 Å². The molecule has 0 aromatic heterocycles. The monoisotopic (exact) mass is 202 g/mol. The van der Waals surface area contributed by atoms with Gasteiger partial charge in [0.15, 0.2) is 0 Å². The van der Waals surface area contributed by atoms with Gasteiger partial charge < -0.3 is 5.32 Å². The minimum absolute atomic E-state index is 0.332. The third kappa shape index (κ3) is 1.41. The highest BCUT2D eigenvalue weighted by Gasteiger charge is 2.45. The van der Waals surface area contributed by atoms with Gasteiger partial charge in [-0.2, -0.15) is 0 Å². The molecule has 2 rings (SSSR count). The van der Waals surface area contributed by atoms with Crippen molar-refractivity contribution in [1.29, 1.82) is 0 Å². The standard InChI is InChI=1S/C11H10N2O2/c1-2-7-11(13(14)15)8-9-5-3-4-6-10(9)12-11/h3-7,12H,1,8H2. The van der Waals surface area contributed by atoms with Crippen LogP contribution in [0.15, 0.2) is 42.7 Å². The smallest absolute Gasteiger partial charge is 0.317 e. The first kappa shape index (κ1) is 9.49. The zero-order valence-corrected chi connectivity index (χ0v) is 8.06. The first-order valence-corrected chi connectivity index (χ1v) is 4.55. The van der Waals surface area contributed by atoms with E-state index in [4.69, 9.17) is 0 Å². The molecule has 0 spiro atoms. The number of nitrogens with one attached hydrogen (secondary N) is 1. The highest BCUT2D eigenvalue weighted by Crippen LogP contribution is 2.33. The number of fused-ring (bicyclic) bond motifs is 1. The maximum Gasteiger partial charge on any atom is 0.324 e. The summed E-state index contributed by atoms with van der Waals surface area (Å²) in [6, 6.07) is 7.43. The molecule has 1 aromatic rings. The lowest BCUT2D eigenvalue weighted by atomic mass is 10.1. The van der Waals surface area contributed by atoms with E-state index in [0.717, 1.165) is 11.3 Å². The molecule has 1 aliphatic rings. The van der Waals surface area contributed by atoms with Gasteiger partial charge >= 0.3 is 5.66 Å². The summed E-state index contributed by atoms with van der Waals surface area (Å²) >= 11 is 0. The van der Waals surface area contributed by atoms with Crippen LogP contribution >= 0.6 is 0 Å². The van der Waals surface area contributed by atoms with Crippen LogP contribution in [0.4, 0.5) is 5.69 Å². The van der Waals surface area contributed by atoms with Gasteiger partial charge in [0.25, 0.3) is 0 Å². The van der Waals surface area contributed by atoms with Gasteiger partial charge in [-0.05, 0) is 11.6 Å². The van der Waals surface area contributed by atoms with Crippen LogP contribution in [0.1, 0.15) is 5.56 Å². The molecule has 0 radical (unpaired) electrons. The van der Waals surface area contributed by atoms with Gasteiger partial charge in [-0.3, -0.25) is 10.1 Å². The summed E-state index contributed by atoms with van der Waals surface area (Å²) in [6.07, 6.45) is 1.70. The second kappa shape index (κ2) is 3.26. The Labute approximate surface area is 87.1 Å². The highest BCUT2D eigenvalue weighted by molar-refractivity contribution is 5.59. The Bertz CT molecular complexity index is 432. The van der Waals surface area contributed by atoms with E-state index < -0.39 is 5.66 Å². The molecule has 1 aliphatic heterocycles. The summed E-state index contributed by atoms with van der Waals surface area (Å²) in [7, 11) is 0. The van der Waals surface area contributed by atoms with Gasteiger partial charge in [-0.25, -0.2) is 0 Å². The molecule has 1 N–H and O–H groups in total. The third-order valence-corrected chi connectivity index (χ3v) is 2.50. The number of hydrogen-bond acceptors (Lipinski definition) is 3. The molecular weight excluding hydrogens is 192 g/mol. The van der Waals surface area contributed by atoms with E-state index in [1.54, 1.807) is 0 Å². The van der Waals surface area contributed by atoms with Crippen LogP contribution in [-0.4, -0.2) is 10.6 Å². The molecule has 15 heavy (non-hydrogen) atoms. The molecule has 0 aliphatic carbocycles. The predicted molar refractivity (Wildman–Crippen MR) is 57.2 cm³/mol. The SMILES string of the molecule is C=C=CC1([N+](=O)[O-])Cc2ccccc2N1. The summed E-state index contributed by atoms with van der Waals surface area (Å²) in [5.74, 6) is 0. The minimum Gasteiger partial charge on any atom is -0.317 e. The van der Waals surface area contributed by atoms with Crippen LogP contribution in [0.3, 0.4) is 0 Å². The van der Waals surface area contributed by atoms with Gasteiger partial charge in [0.1, 0.15) is 0 Å². The van der Waals surface area contributed by atoms with Gasteiger partial charge in [0.2, 0.25) is 0 Å². The predicted octanol–water partition coefficient (Wildman–Crippen LogP) is 1.97. The quantitative estimate of drug-likeness (QED) is 0.453. The fourth-order valence-electron chi connectivity index (χ4n) is 1.78.